The Morgan fingerprint density at radius 1 is 0.657 bits per heavy atom. The first-order valence-electron chi connectivity index (χ1n) is 12.7. The van der Waals surface area contributed by atoms with Crippen LogP contribution in [0.25, 0.3) is 27.5 Å². The molecule has 0 N–H and O–H groups in total. The summed E-state index contributed by atoms with van der Waals surface area (Å²) in [6.45, 7) is 6.62. The van der Waals surface area contributed by atoms with Crippen LogP contribution in [-0.2, 0) is 5.41 Å². The number of para-hydroxylation sites is 2. The molecule has 1 atom stereocenters. The van der Waals surface area contributed by atoms with Crippen LogP contribution in [0.5, 0.6) is 0 Å². The molecule has 1 aliphatic heterocycles. The fraction of sp³-hybridized carbons (Fsp3) is 0.176. The zero-order valence-corrected chi connectivity index (χ0v) is 20.6. The van der Waals surface area contributed by atoms with Crippen LogP contribution in [0.15, 0.2) is 108 Å². The van der Waals surface area contributed by atoms with Crippen molar-refractivity contribution in [2.75, 3.05) is 0 Å². The number of aryl methyl sites for hydroxylation is 2. The zero-order chi connectivity index (χ0) is 23.7. The zero-order valence-electron chi connectivity index (χ0n) is 20.6. The molecule has 0 saturated carbocycles. The van der Waals surface area contributed by atoms with Crippen molar-refractivity contribution in [2.24, 2.45) is 0 Å². The van der Waals surface area contributed by atoms with Gasteiger partial charge in [0.15, 0.2) is 0 Å². The van der Waals surface area contributed by atoms with E-state index in [9.17, 15) is 0 Å². The van der Waals surface area contributed by atoms with Gasteiger partial charge in [0, 0.05) is 10.8 Å². The van der Waals surface area contributed by atoms with Gasteiger partial charge in [-0.1, -0.05) is 101 Å². The first-order valence-corrected chi connectivity index (χ1v) is 12.7. The molecule has 1 aromatic heterocycles. The molecule has 5 aromatic rings. The van der Waals surface area contributed by atoms with E-state index in [2.05, 4.69) is 122 Å². The number of rotatable bonds is 2. The average molecular weight is 452 g/mol. The van der Waals surface area contributed by atoms with E-state index in [4.69, 9.17) is 0 Å². The van der Waals surface area contributed by atoms with E-state index in [1.807, 2.05) is 0 Å². The van der Waals surface area contributed by atoms with E-state index in [1.165, 1.54) is 66.5 Å². The molecule has 2 heterocycles. The number of allylic oxidation sites excluding steroid dienone is 4. The number of hydrogen-bond acceptors (Lipinski definition) is 0. The van der Waals surface area contributed by atoms with Crippen LogP contribution in [0, 0.1) is 13.8 Å². The minimum Gasteiger partial charge on any atom is -0.309 e. The predicted molar refractivity (Wildman–Crippen MR) is 148 cm³/mol. The second-order valence-electron chi connectivity index (χ2n) is 10.4. The van der Waals surface area contributed by atoms with Crippen LogP contribution >= 0.6 is 0 Å². The summed E-state index contributed by atoms with van der Waals surface area (Å²) in [5.41, 5.74) is 13.3. The van der Waals surface area contributed by atoms with Gasteiger partial charge in [0.1, 0.15) is 0 Å². The summed E-state index contributed by atoms with van der Waals surface area (Å²) in [6, 6.07) is 32.2. The fourth-order valence-electron chi connectivity index (χ4n) is 6.57. The average Bonchev–Trinajstić information content (AvgIpc) is 3.21. The van der Waals surface area contributed by atoms with Crippen molar-refractivity contribution in [2.45, 2.75) is 39.0 Å². The van der Waals surface area contributed by atoms with Gasteiger partial charge in [-0.05, 0) is 68.5 Å². The molecule has 1 unspecified atom stereocenters. The summed E-state index contributed by atoms with van der Waals surface area (Å²) in [5, 5.41) is 2.68. The summed E-state index contributed by atoms with van der Waals surface area (Å²) in [6.07, 6.45) is 6.93. The van der Waals surface area contributed by atoms with Crippen LogP contribution in [-0.4, -0.2) is 4.57 Å². The lowest BCUT2D eigenvalue weighted by molar-refractivity contribution is 0.659. The molecule has 0 spiro atoms. The van der Waals surface area contributed by atoms with Crippen molar-refractivity contribution in [3.63, 3.8) is 0 Å². The third kappa shape index (κ3) is 2.70. The lowest BCUT2D eigenvalue weighted by Gasteiger charge is -2.43. The third-order valence-corrected chi connectivity index (χ3v) is 8.22. The summed E-state index contributed by atoms with van der Waals surface area (Å²) in [4.78, 5) is 0. The number of fused-ring (bicyclic) bond motifs is 5. The third-order valence-electron chi connectivity index (χ3n) is 8.22. The summed E-state index contributed by atoms with van der Waals surface area (Å²) in [5.74, 6) is 0. The van der Waals surface area contributed by atoms with Gasteiger partial charge in [0.05, 0.1) is 22.1 Å². The molecule has 0 saturated heterocycles. The van der Waals surface area contributed by atoms with Gasteiger partial charge in [0.2, 0.25) is 0 Å². The molecule has 1 heteroatoms. The second-order valence-corrected chi connectivity index (χ2v) is 10.4. The van der Waals surface area contributed by atoms with Crippen molar-refractivity contribution in [3.8, 4) is 5.69 Å². The highest BCUT2D eigenvalue weighted by Crippen LogP contribution is 2.55. The molecule has 7 rings (SSSR count). The van der Waals surface area contributed by atoms with Crippen molar-refractivity contribution in [1.82, 2.24) is 4.57 Å². The van der Waals surface area contributed by atoms with Gasteiger partial charge in [-0.3, -0.25) is 0 Å². The predicted octanol–water partition coefficient (Wildman–Crippen LogP) is 8.71. The largest absolute Gasteiger partial charge is 0.309 e. The minimum atomic E-state index is -0.319. The van der Waals surface area contributed by atoms with Gasteiger partial charge in [0.25, 0.3) is 0 Å². The maximum atomic E-state index is 2.52. The molecule has 0 fully saturated rings. The van der Waals surface area contributed by atoms with Gasteiger partial charge in [-0.15, -0.1) is 0 Å². The van der Waals surface area contributed by atoms with E-state index in [0.29, 0.717) is 0 Å². The smallest absolute Gasteiger partial charge is 0.0705 e. The fourth-order valence-corrected chi connectivity index (χ4v) is 6.57. The van der Waals surface area contributed by atoms with Crippen molar-refractivity contribution in [1.29, 1.82) is 0 Å². The van der Waals surface area contributed by atoms with E-state index < -0.39 is 0 Å². The van der Waals surface area contributed by atoms with E-state index in [-0.39, 0.29) is 5.41 Å². The lowest BCUT2D eigenvalue weighted by Crippen LogP contribution is -2.36. The Morgan fingerprint density at radius 3 is 2.23 bits per heavy atom. The van der Waals surface area contributed by atoms with E-state index in [0.717, 1.165) is 12.8 Å². The van der Waals surface area contributed by atoms with Crippen molar-refractivity contribution >= 4 is 21.8 Å². The SMILES string of the molecule is CC1=CC=C(C2(c3ccc(C)cc3)c3ccccc3-n3c4ccc(C)cc4c4cccc2c43)CC1. The number of benzene rings is 4. The molecular formula is C34H29N. The van der Waals surface area contributed by atoms with Gasteiger partial charge in [-0.25, -0.2) is 0 Å². The lowest BCUT2D eigenvalue weighted by atomic mass is 9.61. The quantitative estimate of drug-likeness (QED) is 0.253. The molecule has 1 nitrogen and oxygen atoms in total. The van der Waals surface area contributed by atoms with Gasteiger partial charge in [-0.2, -0.15) is 0 Å². The van der Waals surface area contributed by atoms with Crippen LogP contribution in [0.1, 0.15) is 47.6 Å². The number of hydrogen-bond donors (Lipinski definition) is 0. The Morgan fingerprint density at radius 2 is 1.43 bits per heavy atom. The first-order chi connectivity index (χ1) is 17.1. The Balaban J connectivity index is 1.73. The van der Waals surface area contributed by atoms with Crippen LogP contribution < -0.4 is 0 Å². The minimum absolute atomic E-state index is 0.319. The highest BCUT2D eigenvalue weighted by Gasteiger charge is 2.46. The highest BCUT2D eigenvalue weighted by atomic mass is 15.0. The first kappa shape index (κ1) is 20.5. The van der Waals surface area contributed by atoms with Crippen LogP contribution in [0.4, 0.5) is 0 Å². The second kappa shape index (κ2) is 7.33. The molecule has 0 radical (unpaired) electrons. The topological polar surface area (TPSA) is 4.93 Å². The number of aromatic nitrogens is 1. The maximum absolute atomic E-state index is 2.52. The molecule has 4 aromatic carbocycles. The van der Waals surface area contributed by atoms with Crippen LogP contribution in [0.3, 0.4) is 0 Å². The summed E-state index contributed by atoms with van der Waals surface area (Å²) in [7, 11) is 0. The molecule has 0 bridgehead atoms. The Hall–Kier alpha value is -3.84. The maximum Gasteiger partial charge on any atom is 0.0705 e. The monoisotopic (exact) mass is 451 g/mol. The normalized spacial score (nSPS) is 18.9. The van der Waals surface area contributed by atoms with Gasteiger partial charge >= 0.3 is 0 Å². The van der Waals surface area contributed by atoms with E-state index >= 15 is 0 Å². The molecular weight excluding hydrogens is 422 g/mol. The van der Waals surface area contributed by atoms with E-state index in [1.54, 1.807) is 0 Å². The standard InChI is InChI=1S/C34H29N/c1-22-11-16-25(17-12-22)34(26-18-13-23(2)14-19-26)29-8-4-5-10-32(29)35-31-20-15-24(3)21-28(31)27-7-6-9-30(34)33(27)35/h4-13,15-18,20-21H,14,19H2,1-3H3. The summed E-state index contributed by atoms with van der Waals surface area (Å²) >= 11 is 0. The molecule has 0 amide bonds. The molecule has 170 valence electrons. The molecule has 35 heavy (non-hydrogen) atoms. The molecule has 2 aliphatic rings. The number of nitrogens with zero attached hydrogens (tertiary/aromatic N) is 1. The van der Waals surface area contributed by atoms with Crippen molar-refractivity contribution in [3.05, 3.63) is 136 Å². The van der Waals surface area contributed by atoms with Crippen molar-refractivity contribution < 1.29 is 0 Å². The Bertz CT molecular complexity index is 1710. The molecule has 1 aliphatic carbocycles. The highest BCUT2D eigenvalue weighted by molar-refractivity contribution is 6.12. The Labute approximate surface area is 207 Å². The Kier molecular flexibility index (Phi) is 4.30. The van der Waals surface area contributed by atoms with Gasteiger partial charge < -0.3 is 4.57 Å². The summed E-state index contributed by atoms with van der Waals surface area (Å²) < 4.78 is 2.52. The van der Waals surface area contributed by atoms with Crippen LogP contribution in [0.2, 0.25) is 0 Å².